The zero-order chi connectivity index (χ0) is 14.8. The molecule has 1 aromatic carbocycles. The van der Waals surface area contributed by atoms with Crippen LogP contribution in [0.4, 0.5) is 5.69 Å². The minimum Gasteiger partial charge on any atom is -0.399 e. The number of rotatable bonds is 5. The van der Waals surface area contributed by atoms with Crippen molar-refractivity contribution >= 4 is 47.6 Å². The Morgan fingerprint density at radius 2 is 1.79 bits per heavy atom. The number of nitrogens with two attached hydrogens (primary N) is 1. The quantitative estimate of drug-likeness (QED) is 0.722. The lowest BCUT2D eigenvalue weighted by Gasteiger charge is -2.20. The van der Waals surface area contributed by atoms with E-state index in [1.54, 1.807) is 12.1 Å². The van der Waals surface area contributed by atoms with E-state index in [9.17, 15) is 8.42 Å². The molecule has 1 atom stereocenters. The first kappa shape index (κ1) is 16.9. The average molecular weight is 415 g/mol. The van der Waals surface area contributed by atoms with Crippen molar-refractivity contribution in [2.75, 3.05) is 26.4 Å². The molecule has 0 aliphatic rings. The fraction of sp³-hybridized carbons (Fsp3) is 0.455. The van der Waals surface area contributed by atoms with Crippen molar-refractivity contribution in [1.82, 2.24) is 9.62 Å². The third kappa shape index (κ3) is 4.42. The van der Waals surface area contributed by atoms with Crippen molar-refractivity contribution in [3.63, 3.8) is 0 Å². The normalized spacial score (nSPS) is 13.8. The molecular weight excluding hydrogens is 398 g/mol. The summed E-state index contributed by atoms with van der Waals surface area (Å²) in [5, 5.41) is 0. The van der Waals surface area contributed by atoms with Crippen molar-refractivity contribution in [2.24, 2.45) is 0 Å². The molecule has 0 saturated heterocycles. The fourth-order valence-corrected chi connectivity index (χ4v) is 5.06. The summed E-state index contributed by atoms with van der Waals surface area (Å²) in [4.78, 5) is 2.10. The van der Waals surface area contributed by atoms with E-state index in [1.165, 1.54) is 0 Å². The molecule has 0 aliphatic carbocycles. The van der Waals surface area contributed by atoms with Crippen LogP contribution in [-0.4, -0.2) is 40.0 Å². The summed E-state index contributed by atoms with van der Waals surface area (Å²) >= 11 is 6.46. The lowest BCUT2D eigenvalue weighted by molar-refractivity contribution is 0.314. The molecule has 1 rings (SSSR count). The van der Waals surface area contributed by atoms with Crippen LogP contribution in [0.1, 0.15) is 6.92 Å². The van der Waals surface area contributed by atoms with Gasteiger partial charge in [-0.15, -0.1) is 0 Å². The Labute approximate surface area is 130 Å². The number of nitrogens with zero attached hydrogens (tertiary/aromatic N) is 1. The molecule has 3 N–H and O–H groups in total. The zero-order valence-corrected chi connectivity index (χ0v) is 14.9. The number of anilines is 1. The van der Waals surface area contributed by atoms with E-state index in [1.807, 2.05) is 25.9 Å². The SMILES string of the molecule is CC(CNS(=O)(=O)c1c(Br)cc(N)cc1Br)N(C)C. The molecule has 1 unspecified atom stereocenters. The van der Waals surface area contributed by atoms with Crippen molar-refractivity contribution in [1.29, 1.82) is 0 Å². The summed E-state index contributed by atoms with van der Waals surface area (Å²) in [6.45, 7) is 2.27. The lowest BCUT2D eigenvalue weighted by Crippen LogP contribution is -2.38. The van der Waals surface area contributed by atoms with Gasteiger partial charge in [0.2, 0.25) is 10.0 Å². The number of hydrogen-bond acceptors (Lipinski definition) is 4. The van der Waals surface area contributed by atoms with Gasteiger partial charge in [0.1, 0.15) is 4.90 Å². The van der Waals surface area contributed by atoms with Gasteiger partial charge < -0.3 is 10.6 Å². The second kappa shape index (κ2) is 6.53. The Morgan fingerprint density at radius 1 is 1.32 bits per heavy atom. The number of likely N-dealkylation sites (N-methyl/N-ethyl adjacent to an activating group) is 1. The van der Waals surface area contributed by atoms with Gasteiger partial charge in [-0.1, -0.05) is 0 Å². The second-order valence-electron chi connectivity index (χ2n) is 4.48. The Kier molecular flexibility index (Phi) is 5.81. The first-order valence-electron chi connectivity index (χ1n) is 5.55. The minimum atomic E-state index is -3.59. The predicted molar refractivity (Wildman–Crippen MR) is 84.6 cm³/mol. The van der Waals surface area contributed by atoms with Crippen LogP contribution < -0.4 is 10.5 Å². The Bertz CT molecular complexity index is 538. The number of nitrogens with one attached hydrogen (secondary N) is 1. The summed E-state index contributed by atoms with van der Waals surface area (Å²) in [7, 11) is 0.201. The van der Waals surface area contributed by atoms with Crippen LogP contribution in [0.15, 0.2) is 26.0 Å². The van der Waals surface area contributed by atoms with E-state index in [0.29, 0.717) is 21.2 Å². The second-order valence-corrected chi connectivity index (χ2v) is 7.89. The maximum Gasteiger partial charge on any atom is 0.242 e. The van der Waals surface area contributed by atoms with Gasteiger partial charge in [0.25, 0.3) is 0 Å². The number of halogens is 2. The number of sulfonamides is 1. The van der Waals surface area contributed by atoms with Gasteiger partial charge in [-0.2, -0.15) is 0 Å². The topological polar surface area (TPSA) is 75.4 Å². The summed E-state index contributed by atoms with van der Waals surface area (Å²) in [6, 6.07) is 3.23. The molecule has 0 bridgehead atoms. The Hall–Kier alpha value is -0.150. The number of nitrogen functional groups attached to an aromatic ring is 1. The highest BCUT2D eigenvalue weighted by Crippen LogP contribution is 2.32. The van der Waals surface area contributed by atoms with Crippen molar-refractivity contribution in [3.05, 3.63) is 21.1 Å². The van der Waals surface area contributed by atoms with Gasteiger partial charge in [-0.05, 0) is 65.0 Å². The summed E-state index contributed by atoms with van der Waals surface area (Å²) < 4.78 is 28.0. The molecule has 19 heavy (non-hydrogen) atoms. The first-order valence-corrected chi connectivity index (χ1v) is 8.62. The van der Waals surface area contributed by atoms with Gasteiger partial charge >= 0.3 is 0 Å². The highest BCUT2D eigenvalue weighted by Gasteiger charge is 2.22. The van der Waals surface area contributed by atoms with Crippen LogP contribution in [-0.2, 0) is 10.0 Å². The fourth-order valence-electron chi connectivity index (χ4n) is 1.32. The molecule has 0 saturated carbocycles. The minimum absolute atomic E-state index is 0.0982. The standard InChI is InChI=1S/C11H17Br2N3O2S/c1-7(16(2)3)6-15-19(17,18)11-9(12)4-8(14)5-10(11)13/h4-5,7,15H,6,14H2,1-3H3. The van der Waals surface area contributed by atoms with Gasteiger partial charge in [-0.3, -0.25) is 0 Å². The lowest BCUT2D eigenvalue weighted by atomic mass is 10.3. The highest BCUT2D eigenvalue weighted by molar-refractivity contribution is 9.11. The monoisotopic (exact) mass is 413 g/mol. The molecule has 108 valence electrons. The maximum absolute atomic E-state index is 12.3. The van der Waals surface area contributed by atoms with Gasteiger partial charge in [0.15, 0.2) is 0 Å². The largest absolute Gasteiger partial charge is 0.399 e. The molecular formula is C11H17Br2N3O2S. The van der Waals surface area contributed by atoms with E-state index < -0.39 is 10.0 Å². The molecule has 8 heteroatoms. The molecule has 5 nitrogen and oxygen atoms in total. The maximum atomic E-state index is 12.3. The molecule has 0 aliphatic heterocycles. The summed E-state index contributed by atoms with van der Waals surface area (Å²) in [6.07, 6.45) is 0. The molecule has 0 aromatic heterocycles. The van der Waals surface area contributed by atoms with Gasteiger partial charge in [0.05, 0.1) is 0 Å². The van der Waals surface area contributed by atoms with Crippen molar-refractivity contribution < 1.29 is 8.42 Å². The third-order valence-electron chi connectivity index (χ3n) is 2.74. The van der Waals surface area contributed by atoms with Crippen LogP contribution >= 0.6 is 31.9 Å². The van der Waals surface area contributed by atoms with Crippen LogP contribution in [0.3, 0.4) is 0 Å². The molecule has 0 spiro atoms. The van der Waals surface area contributed by atoms with Crippen molar-refractivity contribution in [2.45, 2.75) is 17.9 Å². The van der Waals surface area contributed by atoms with Crippen LogP contribution in [0, 0.1) is 0 Å². The molecule has 0 radical (unpaired) electrons. The molecule has 0 amide bonds. The van der Waals surface area contributed by atoms with E-state index in [0.717, 1.165) is 0 Å². The van der Waals surface area contributed by atoms with Crippen LogP contribution in [0.5, 0.6) is 0 Å². The van der Waals surface area contributed by atoms with E-state index in [2.05, 4.69) is 36.6 Å². The predicted octanol–water partition coefficient (Wildman–Crippen LogP) is 2.02. The number of benzene rings is 1. The zero-order valence-electron chi connectivity index (χ0n) is 10.9. The molecule has 0 heterocycles. The smallest absolute Gasteiger partial charge is 0.242 e. The summed E-state index contributed by atoms with van der Waals surface area (Å²) in [5.41, 5.74) is 6.14. The van der Waals surface area contributed by atoms with Crippen LogP contribution in [0.2, 0.25) is 0 Å². The van der Waals surface area contributed by atoms with E-state index >= 15 is 0 Å². The molecule has 1 aromatic rings. The average Bonchev–Trinajstić information content (AvgIpc) is 2.23. The van der Waals surface area contributed by atoms with Gasteiger partial charge in [-0.25, -0.2) is 13.1 Å². The molecule has 0 fully saturated rings. The third-order valence-corrected chi connectivity index (χ3v) is 6.04. The van der Waals surface area contributed by atoms with Crippen LogP contribution in [0.25, 0.3) is 0 Å². The Balaban J connectivity index is 3.02. The van der Waals surface area contributed by atoms with E-state index in [-0.39, 0.29) is 10.9 Å². The first-order chi connectivity index (χ1) is 8.65. The van der Waals surface area contributed by atoms with E-state index in [4.69, 9.17) is 5.73 Å². The highest BCUT2D eigenvalue weighted by atomic mass is 79.9. The van der Waals surface area contributed by atoms with Gasteiger partial charge in [0, 0.05) is 27.2 Å². The number of hydrogen-bond donors (Lipinski definition) is 2. The Morgan fingerprint density at radius 3 is 2.21 bits per heavy atom. The van der Waals surface area contributed by atoms with Crippen molar-refractivity contribution in [3.8, 4) is 0 Å². The summed E-state index contributed by atoms with van der Waals surface area (Å²) in [5.74, 6) is 0.